The van der Waals surface area contributed by atoms with Crippen molar-refractivity contribution in [2.75, 3.05) is 5.32 Å². The lowest BCUT2D eigenvalue weighted by Crippen LogP contribution is -2.07. The van der Waals surface area contributed by atoms with Crippen LogP contribution in [0.3, 0.4) is 0 Å². The van der Waals surface area contributed by atoms with Gasteiger partial charge in [0.05, 0.1) is 11.6 Å². The maximum Gasteiger partial charge on any atom is 0.127 e. The highest BCUT2D eigenvalue weighted by molar-refractivity contribution is 9.10. The van der Waals surface area contributed by atoms with Crippen LogP contribution in [0, 0.1) is 11.3 Å². The Morgan fingerprint density at radius 3 is 2.67 bits per heavy atom. The molecule has 1 heterocycles. The van der Waals surface area contributed by atoms with Crippen molar-refractivity contribution in [1.29, 1.82) is 5.26 Å². The van der Waals surface area contributed by atoms with E-state index >= 15 is 0 Å². The first-order valence-corrected chi connectivity index (χ1v) is 6.36. The standard InChI is InChI=1S/C14H12BrN3/c1-10(12-2-4-13(15)5-3-12)18-14-8-11(9-16)6-7-17-14/h2-8,10H,1H3,(H,17,18). The van der Waals surface area contributed by atoms with E-state index in [2.05, 4.69) is 51.4 Å². The third-order valence-corrected chi connectivity index (χ3v) is 3.15. The van der Waals surface area contributed by atoms with Crippen LogP contribution in [0.15, 0.2) is 47.1 Å². The second kappa shape index (κ2) is 5.65. The van der Waals surface area contributed by atoms with E-state index in [0.29, 0.717) is 11.4 Å². The molecule has 1 unspecified atom stereocenters. The molecule has 3 nitrogen and oxygen atoms in total. The summed E-state index contributed by atoms with van der Waals surface area (Å²) in [4.78, 5) is 4.20. The zero-order valence-electron chi connectivity index (χ0n) is 9.89. The van der Waals surface area contributed by atoms with Crippen molar-refractivity contribution in [2.24, 2.45) is 0 Å². The number of nitrogens with one attached hydrogen (secondary N) is 1. The summed E-state index contributed by atoms with van der Waals surface area (Å²) in [5.41, 5.74) is 1.78. The average molecular weight is 302 g/mol. The molecule has 1 N–H and O–H groups in total. The first-order chi connectivity index (χ1) is 8.69. The number of hydrogen-bond acceptors (Lipinski definition) is 3. The Balaban J connectivity index is 2.13. The van der Waals surface area contributed by atoms with Crippen LogP contribution in [0.2, 0.25) is 0 Å². The van der Waals surface area contributed by atoms with Crippen molar-refractivity contribution < 1.29 is 0 Å². The number of anilines is 1. The van der Waals surface area contributed by atoms with Crippen molar-refractivity contribution >= 4 is 21.7 Å². The molecule has 1 aromatic carbocycles. The summed E-state index contributed by atoms with van der Waals surface area (Å²) in [6.07, 6.45) is 1.63. The van der Waals surface area contributed by atoms with Gasteiger partial charge in [-0.1, -0.05) is 28.1 Å². The molecule has 0 aliphatic rings. The van der Waals surface area contributed by atoms with Crippen LogP contribution in [-0.2, 0) is 0 Å². The molecule has 0 fully saturated rings. The molecule has 18 heavy (non-hydrogen) atoms. The highest BCUT2D eigenvalue weighted by Crippen LogP contribution is 2.20. The van der Waals surface area contributed by atoms with Crippen LogP contribution in [0.1, 0.15) is 24.1 Å². The van der Waals surface area contributed by atoms with E-state index in [1.807, 2.05) is 12.1 Å². The summed E-state index contributed by atoms with van der Waals surface area (Å²) in [7, 11) is 0. The second-order valence-electron chi connectivity index (χ2n) is 3.96. The van der Waals surface area contributed by atoms with Crippen molar-refractivity contribution in [3.63, 3.8) is 0 Å². The number of pyridine rings is 1. The minimum Gasteiger partial charge on any atom is -0.364 e. The van der Waals surface area contributed by atoms with Gasteiger partial charge in [0.2, 0.25) is 0 Å². The van der Waals surface area contributed by atoms with Gasteiger partial charge in [-0.15, -0.1) is 0 Å². The lowest BCUT2D eigenvalue weighted by atomic mass is 10.1. The van der Waals surface area contributed by atoms with Gasteiger partial charge in [-0.25, -0.2) is 4.98 Å². The largest absolute Gasteiger partial charge is 0.364 e. The lowest BCUT2D eigenvalue weighted by Gasteiger charge is -2.15. The normalized spacial score (nSPS) is 11.6. The van der Waals surface area contributed by atoms with Gasteiger partial charge < -0.3 is 5.32 Å². The van der Waals surface area contributed by atoms with Crippen molar-refractivity contribution in [3.8, 4) is 6.07 Å². The van der Waals surface area contributed by atoms with E-state index in [0.717, 1.165) is 4.47 Å². The molecule has 0 spiro atoms. The summed E-state index contributed by atoms with van der Waals surface area (Å²) in [6, 6.07) is 13.8. The van der Waals surface area contributed by atoms with Crippen LogP contribution >= 0.6 is 15.9 Å². The predicted molar refractivity (Wildman–Crippen MR) is 75.1 cm³/mol. The van der Waals surface area contributed by atoms with Gasteiger partial charge in [-0.05, 0) is 36.8 Å². The molecule has 0 saturated heterocycles. The smallest absolute Gasteiger partial charge is 0.127 e. The van der Waals surface area contributed by atoms with Crippen molar-refractivity contribution in [2.45, 2.75) is 13.0 Å². The van der Waals surface area contributed by atoms with Gasteiger partial charge in [-0.2, -0.15) is 5.26 Å². The second-order valence-corrected chi connectivity index (χ2v) is 4.87. The summed E-state index contributed by atoms with van der Waals surface area (Å²) >= 11 is 3.41. The first-order valence-electron chi connectivity index (χ1n) is 5.57. The number of nitriles is 1. The topological polar surface area (TPSA) is 48.7 Å². The molecule has 0 amide bonds. The summed E-state index contributed by atoms with van der Waals surface area (Å²) in [6.45, 7) is 2.06. The van der Waals surface area contributed by atoms with E-state index in [4.69, 9.17) is 5.26 Å². The van der Waals surface area contributed by atoms with Gasteiger partial charge in [0, 0.05) is 16.7 Å². The van der Waals surface area contributed by atoms with Crippen molar-refractivity contribution in [1.82, 2.24) is 4.98 Å². The molecule has 0 radical (unpaired) electrons. The van der Waals surface area contributed by atoms with Crippen LogP contribution in [0.5, 0.6) is 0 Å². The molecule has 90 valence electrons. The maximum absolute atomic E-state index is 8.83. The number of aromatic nitrogens is 1. The van der Waals surface area contributed by atoms with Crippen LogP contribution in [0.25, 0.3) is 0 Å². The summed E-state index contributed by atoms with van der Waals surface area (Å²) in [5.74, 6) is 0.712. The Kier molecular flexibility index (Phi) is 3.96. The highest BCUT2D eigenvalue weighted by Gasteiger charge is 2.06. The first kappa shape index (κ1) is 12.6. The van der Waals surface area contributed by atoms with E-state index in [1.54, 1.807) is 18.3 Å². The van der Waals surface area contributed by atoms with E-state index in [9.17, 15) is 0 Å². The SMILES string of the molecule is CC(Nc1cc(C#N)ccn1)c1ccc(Br)cc1. The molecular formula is C14H12BrN3. The van der Waals surface area contributed by atoms with Gasteiger partial charge >= 0.3 is 0 Å². The zero-order valence-corrected chi connectivity index (χ0v) is 11.5. The predicted octanol–water partition coefficient (Wildman–Crippen LogP) is 3.89. The minimum absolute atomic E-state index is 0.138. The number of benzene rings is 1. The minimum atomic E-state index is 0.138. The fraction of sp³-hybridized carbons (Fsp3) is 0.143. The molecule has 0 saturated carbocycles. The Hall–Kier alpha value is -1.86. The van der Waals surface area contributed by atoms with Gasteiger partial charge in [-0.3, -0.25) is 0 Å². The molecule has 0 bridgehead atoms. The number of rotatable bonds is 3. The van der Waals surface area contributed by atoms with Crippen molar-refractivity contribution in [3.05, 3.63) is 58.2 Å². The van der Waals surface area contributed by atoms with Gasteiger partial charge in [0.15, 0.2) is 0 Å². The lowest BCUT2D eigenvalue weighted by molar-refractivity contribution is 0.874. The molecule has 0 aliphatic carbocycles. The summed E-state index contributed by atoms with van der Waals surface area (Å²) in [5, 5.41) is 12.1. The molecular weight excluding hydrogens is 290 g/mol. The zero-order chi connectivity index (χ0) is 13.0. The van der Waals surface area contributed by atoms with E-state index < -0.39 is 0 Å². The number of hydrogen-bond donors (Lipinski definition) is 1. The van der Waals surface area contributed by atoms with E-state index in [1.165, 1.54) is 5.56 Å². The molecule has 2 rings (SSSR count). The molecule has 0 aliphatic heterocycles. The Labute approximate surface area is 115 Å². The molecule has 1 atom stereocenters. The third-order valence-electron chi connectivity index (χ3n) is 2.62. The fourth-order valence-electron chi connectivity index (χ4n) is 1.64. The quantitative estimate of drug-likeness (QED) is 0.935. The number of halogens is 1. The molecule has 2 aromatic rings. The monoisotopic (exact) mass is 301 g/mol. The Morgan fingerprint density at radius 2 is 2.00 bits per heavy atom. The van der Waals surface area contributed by atoms with Crippen LogP contribution in [0.4, 0.5) is 5.82 Å². The Bertz CT molecular complexity index is 572. The molecule has 4 heteroatoms. The van der Waals surface area contributed by atoms with Crippen LogP contribution in [-0.4, -0.2) is 4.98 Å². The highest BCUT2D eigenvalue weighted by atomic mass is 79.9. The molecule has 1 aromatic heterocycles. The van der Waals surface area contributed by atoms with Gasteiger partial charge in [0.1, 0.15) is 5.82 Å². The summed E-state index contributed by atoms with van der Waals surface area (Å²) < 4.78 is 1.06. The maximum atomic E-state index is 8.83. The Morgan fingerprint density at radius 1 is 1.28 bits per heavy atom. The van der Waals surface area contributed by atoms with E-state index in [-0.39, 0.29) is 6.04 Å². The average Bonchev–Trinajstić information content (AvgIpc) is 2.39. The fourth-order valence-corrected chi connectivity index (χ4v) is 1.90. The number of nitrogens with zero attached hydrogens (tertiary/aromatic N) is 2. The van der Waals surface area contributed by atoms with Gasteiger partial charge in [0.25, 0.3) is 0 Å². The van der Waals surface area contributed by atoms with Crippen LogP contribution < -0.4 is 5.32 Å². The third kappa shape index (κ3) is 3.08.